The van der Waals surface area contributed by atoms with Crippen LogP contribution in [0.1, 0.15) is 69.8 Å². The molecule has 230 valence electrons. The second-order valence-electron chi connectivity index (χ2n) is 14.4. The number of hydrogen-bond acceptors (Lipinski definition) is 2. The van der Waals surface area contributed by atoms with Crippen molar-refractivity contribution >= 4 is 34.6 Å². The highest BCUT2D eigenvalue weighted by molar-refractivity contribution is 9.10. The summed E-state index contributed by atoms with van der Waals surface area (Å²) in [7, 11) is -2.74. The zero-order valence-electron chi connectivity index (χ0n) is 26.8. The van der Waals surface area contributed by atoms with Crippen LogP contribution in [0.25, 0.3) is 0 Å². The van der Waals surface area contributed by atoms with E-state index in [0.717, 1.165) is 22.9 Å². The minimum absolute atomic E-state index is 0.0956. The van der Waals surface area contributed by atoms with Crippen molar-refractivity contribution in [2.24, 2.45) is 29.6 Å². The summed E-state index contributed by atoms with van der Waals surface area (Å²) in [6.45, 7) is 12.5. The lowest BCUT2D eigenvalue weighted by molar-refractivity contribution is -0.0698. The summed E-state index contributed by atoms with van der Waals surface area (Å²) in [6.07, 6.45) is 1.66. The molecule has 0 aromatic heterocycles. The molecule has 7 atom stereocenters. The van der Waals surface area contributed by atoms with E-state index in [-0.39, 0.29) is 16.9 Å². The molecule has 44 heavy (non-hydrogen) atoms. The van der Waals surface area contributed by atoms with Gasteiger partial charge < -0.3 is 9.53 Å². The molecule has 0 heterocycles. The first-order valence-corrected chi connectivity index (χ1v) is 19.1. The number of rotatable bonds is 7. The van der Waals surface area contributed by atoms with Crippen molar-refractivity contribution in [2.75, 3.05) is 6.61 Å². The Balaban J connectivity index is 1.47. The van der Waals surface area contributed by atoms with Crippen LogP contribution in [-0.4, -0.2) is 20.0 Å². The van der Waals surface area contributed by atoms with E-state index in [1.54, 1.807) is 0 Å². The van der Waals surface area contributed by atoms with Crippen LogP contribution in [0.3, 0.4) is 0 Å². The minimum atomic E-state index is -2.74. The summed E-state index contributed by atoms with van der Waals surface area (Å²) in [5, 5.41) is 14.7. The fourth-order valence-electron chi connectivity index (χ4n) is 8.97. The van der Waals surface area contributed by atoms with Gasteiger partial charge in [0, 0.05) is 11.1 Å². The van der Waals surface area contributed by atoms with E-state index in [0.29, 0.717) is 30.3 Å². The third-order valence-corrected chi connectivity index (χ3v) is 16.6. The zero-order valence-corrected chi connectivity index (χ0v) is 29.4. The average Bonchev–Trinajstić information content (AvgIpc) is 3.03. The Morgan fingerprint density at radius 1 is 0.818 bits per heavy atom. The number of benzene rings is 4. The predicted octanol–water partition coefficient (Wildman–Crippen LogP) is 8.92. The molecular formula is C40H47BrO2Si. The van der Waals surface area contributed by atoms with Crippen LogP contribution in [0.15, 0.2) is 114 Å². The maximum absolute atomic E-state index is 12.2. The van der Waals surface area contributed by atoms with Crippen LogP contribution < -0.4 is 10.4 Å². The van der Waals surface area contributed by atoms with Crippen molar-refractivity contribution in [2.45, 2.75) is 64.5 Å². The lowest BCUT2D eigenvalue weighted by Gasteiger charge is -2.55. The normalized spacial score (nSPS) is 26.0. The third-order valence-electron chi connectivity index (χ3n) is 11.1. The van der Waals surface area contributed by atoms with Gasteiger partial charge in [0.05, 0.1) is 6.10 Å². The van der Waals surface area contributed by atoms with Crippen molar-refractivity contribution in [1.82, 2.24) is 0 Å². The van der Waals surface area contributed by atoms with E-state index in [1.165, 1.54) is 21.5 Å². The number of halogens is 1. The summed E-state index contributed by atoms with van der Waals surface area (Å²) in [4.78, 5) is 0. The molecule has 2 unspecified atom stereocenters. The van der Waals surface area contributed by atoms with Crippen LogP contribution in [0.5, 0.6) is 0 Å². The molecule has 0 bridgehead atoms. The van der Waals surface area contributed by atoms with Crippen LogP contribution in [0, 0.1) is 29.6 Å². The largest absolute Gasteiger partial charge is 0.407 e. The molecule has 4 aromatic rings. The summed E-state index contributed by atoms with van der Waals surface area (Å²) >= 11 is 3.73. The van der Waals surface area contributed by atoms with Gasteiger partial charge in [0.1, 0.15) is 0 Å². The smallest absolute Gasteiger partial charge is 0.261 e. The van der Waals surface area contributed by atoms with Gasteiger partial charge in [-0.3, -0.25) is 0 Å². The molecule has 4 heteroatoms. The highest BCUT2D eigenvalue weighted by Crippen LogP contribution is 2.58. The number of aliphatic hydroxyl groups excluding tert-OH is 1. The lowest BCUT2D eigenvalue weighted by atomic mass is 9.52. The van der Waals surface area contributed by atoms with Crippen molar-refractivity contribution < 1.29 is 9.53 Å². The molecule has 6 rings (SSSR count). The van der Waals surface area contributed by atoms with E-state index in [4.69, 9.17) is 4.43 Å². The zero-order chi connectivity index (χ0) is 31.1. The van der Waals surface area contributed by atoms with E-state index >= 15 is 0 Å². The van der Waals surface area contributed by atoms with E-state index in [1.807, 2.05) is 6.07 Å². The van der Waals surface area contributed by atoms with Crippen LogP contribution in [-0.2, 0) is 10.8 Å². The van der Waals surface area contributed by atoms with Crippen LogP contribution in [0.2, 0.25) is 5.04 Å². The Kier molecular flexibility index (Phi) is 9.09. The van der Waals surface area contributed by atoms with Gasteiger partial charge in [-0.15, -0.1) is 0 Å². The van der Waals surface area contributed by atoms with Gasteiger partial charge in [0.15, 0.2) is 0 Å². The Morgan fingerprint density at radius 3 is 1.95 bits per heavy atom. The van der Waals surface area contributed by atoms with E-state index < -0.39 is 14.4 Å². The number of aliphatic hydroxyl groups is 1. The molecule has 0 spiro atoms. The standard InChI is InChI=1S/C40H47BrO2Si/c1-27-28(2)38(39(42)29-15-9-6-10-16-29)36(35-23-21-30-25-31(41)22-24-34(30)37(27)35)26-43-44(40(3,4)5,32-17-11-7-12-18-32)33-19-13-8-14-20-33/h6-20,22,24-25,27-28,35-39,42H,21,23,26H2,1-5H3/t27-,28?,35+,36+,37-,38+,39?/m1/s1. The van der Waals surface area contributed by atoms with Crippen molar-refractivity contribution in [3.05, 3.63) is 130 Å². The van der Waals surface area contributed by atoms with Gasteiger partial charge in [-0.05, 0) is 92.6 Å². The summed E-state index contributed by atoms with van der Waals surface area (Å²) in [6, 6.07) is 39.3. The molecule has 0 aliphatic heterocycles. The summed E-state index contributed by atoms with van der Waals surface area (Å²) < 4.78 is 8.84. The molecule has 1 fully saturated rings. The molecular weight excluding hydrogens is 620 g/mol. The van der Waals surface area contributed by atoms with Gasteiger partial charge in [0.25, 0.3) is 8.32 Å². The summed E-state index contributed by atoms with van der Waals surface area (Å²) in [5.74, 6) is 2.00. The molecule has 1 N–H and O–H groups in total. The minimum Gasteiger partial charge on any atom is -0.407 e. The fraction of sp³-hybridized carbons (Fsp3) is 0.400. The third kappa shape index (κ3) is 5.57. The van der Waals surface area contributed by atoms with Crippen molar-refractivity contribution in [1.29, 1.82) is 0 Å². The maximum atomic E-state index is 12.2. The first-order chi connectivity index (χ1) is 21.1. The quantitative estimate of drug-likeness (QED) is 0.200. The second-order valence-corrected chi connectivity index (χ2v) is 19.6. The molecule has 0 radical (unpaired) electrons. The molecule has 4 aromatic carbocycles. The van der Waals surface area contributed by atoms with Crippen molar-refractivity contribution in [3.63, 3.8) is 0 Å². The Bertz CT molecular complexity index is 1490. The Hall–Kier alpha value is -2.50. The molecule has 2 aliphatic rings. The second kappa shape index (κ2) is 12.7. The van der Waals surface area contributed by atoms with Gasteiger partial charge in [-0.2, -0.15) is 0 Å². The molecule has 0 amide bonds. The fourth-order valence-corrected chi connectivity index (χ4v) is 14.0. The molecule has 2 nitrogen and oxygen atoms in total. The number of fused-ring (bicyclic) bond motifs is 3. The monoisotopic (exact) mass is 666 g/mol. The topological polar surface area (TPSA) is 29.5 Å². The summed E-state index contributed by atoms with van der Waals surface area (Å²) in [5.41, 5.74) is 4.01. The predicted molar refractivity (Wildman–Crippen MR) is 189 cm³/mol. The maximum Gasteiger partial charge on any atom is 0.261 e. The van der Waals surface area contributed by atoms with Gasteiger partial charge >= 0.3 is 0 Å². The molecule has 2 aliphatic carbocycles. The van der Waals surface area contributed by atoms with Gasteiger partial charge in [0.2, 0.25) is 0 Å². The Labute approximate surface area is 274 Å². The highest BCUT2D eigenvalue weighted by atomic mass is 79.9. The molecule has 1 saturated carbocycles. The van der Waals surface area contributed by atoms with E-state index in [2.05, 4.69) is 154 Å². The van der Waals surface area contributed by atoms with E-state index in [9.17, 15) is 5.11 Å². The SMILES string of the molecule is CC1[C@H](C(O)c2ccccc2)[C@@H](CO[Si](c2ccccc2)(c2ccccc2)C(C)(C)C)[C@@H]2CCc3cc(Br)ccc3[C@H]2[C@@H]1C. The first-order valence-electron chi connectivity index (χ1n) is 16.4. The van der Waals surface area contributed by atoms with Gasteiger partial charge in [-0.25, -0.2) is 0 Å². The van der Waals surface area contributed by atoms with Crippen LogP contribution >= 0.6 is 15.9 Å². The highest BCUT2D eigenvalue weighted by Gasteiger charge is 2.55. The Morgan fingerprint density at radius 2 is 1.39 bits per heavy atom. The number of aryl methyl sites for hydroxylation is 1. The van der Waals surface area contributed by atoms with Crippen molar-refractivity contribution in [3.8, 4) is 0 Å². The first kappa shape index (κ1) is 31.5. The van der Waals surface area contributed by atoms with Crippen LogP contribution in [0.4, 0.5) is 0 Å². The number of hydrogen-bond donors (Lipinski definition) is 1. The lowest BCUT2D eigenvalue weighted by Crippen LogP contribution is -2.67. The van der Waals surface area contributed by atoms with Gasteiger partial charge in [-0.1, -0.05) is 148 Å². The average molecular weight is 668 g/mol. The molecule has 0 saturated heterocycles.